The average molecular weight is 539 g/mol. The van der Waals surface area contributed by atoms with Gasteiger partial charge >= 0.3 is 6.03 Å². The third kappa shape index (κ3) is 6.27. The van der Waals surface area contributed by atoms with Gasteiger partial charge in [-0.3, -0.25) is 9.88 Å². The van der Waals surface area contributed by atoms with E-state index in [2.05, 4.69) is 54.5 Å². The predicted octanol–water partition coefficient (Wildman–Crippen LogP) is 7.07. The fourth-order valence-corrected chi connectivity index (χ4v) is 5.13. The van der Waals surface area contributed by atoms with E-state index in [1.807, 2.05) is 61.7 Å². The fraction of sp³-hybridized carbons (Fsp3) is 0.333. The number of benzene rings is 3. The summed E-state index contributed by atoms with van der Waals surface area (Å²) in [5, 5.41) is 8.08. The zero-order valence-corrected chi connectivity index (χ0v) is 23.8. The van der Waals surface area contributed by atoms with Crippen molar-refractivity contribution in [2.45, 2.75) is 39.7 Å². The first-order chi connectivity index (χ1) is 19.3. The van der Waals surface area contributed by atoms with Crippen molar-refractivity contribution in [2.75, 3.05) is 43.5 Å². The molecule has 1 aliphatic heterocycles. The Morgan fingerprint density at radius 1 is 0.925 bits per heavy atom. The van der Waals surface area contributed by atoms with Gasteiger partial charge in [0.05, 0.1) is 36.9 Å². The molecular weight excluding hydrogens is 500 g/mol. The number of fused-ring (bicyclic) bond motifs is 1. The molecule has 1 aliphatic rings. The Bertz CT molecular complexity index is 1470. The lowest BCUT2D eigenvalue weighted by Gasteiger charge is -2.26. The Balaban J connectivity index is 1.37. The lowest BCUT2D eigenvalue weighted by Crippen LogP contribution is -2.35. The maximum absolute atomic E-state index is 13.2. The largest absolute Gasteiger partial charge is 0.491 e. The van der Waals surface area contributed by atoms with Crippen LogP contribution in [-0.4, -0.2) is 48.8 Å². The van der Waals surface area contributed by atoms with Gasteiger partial charge in [-0.05, 0) is 41.5 Å². The van der Waals surface area contributed by atoms with Crippen LogP contribution >= 0.6 is 0 Å². The van der Waals surface area contributed by atoms with E-state index in [1.54, 1.807) is 0 Å². The first-order valence-corrected chi connectivity index (χ1v) is 13.9. The van der Waals surface area contributed by atoms with Crippen LogP contribution in [0.25, 0.3) is 21.9 Å². The quantitative estimate of drug-likeness (QED) is 0.263. The van der Waals surface area contributed by atoms with Gasteiger partial charge in [-0.2, -0.15) is 0 Å². The highest BCUT2D eigenvalue weighted by Crippen LogP contribution is 2.38. The van der Waals surface area contributed by atoms with E-state index < -0.39 is 0 Å². The van der Waals surface area contributed by atoms with Crippen LogP contribution < -0.4 is 15.4 Å². The lowest BCUT2D eigenvalue weighted by molar-refractivity contribution is 0.0336. The number of rotatable bonds is 7. The number of carbonyl (C=O) groups excluding carboxylic acids is 1. The van der Waals surface area contributed by atoms with Gasteiger partial charge in [-0.25, -0.2) is 4.79 Å². The summed E-state index contributed by atoms with van der Waals surface area (Å²) < 4.78 is 11.4. The molecule has 40 heavy (non-hydrogen) atoms. The minimum absolute atomic E-state index is 0.125. The molecule has 2 N–H and O–H groups in total. The zero-order chi connectivity index (χ0) is 28.1. The van der Waals surface area contributed by atoms with Crippen molar-refractivity contribution in [1.82, 2.24) is 9.88 Å². The number of carbonyl (C=O) groups is 1. The van der Waals surface area contributed by atoms with E-state index in [-0.39, 0.29) is 11.4 Å². The topological polar surface area (TPSA) is 75.7 Å². The van der Waals surface area contributed by atoms with Gasteiger partial charge in [-0.1, -0.05) is 69.3 Å². The predicted molar refractivity (Wildman–Crippen MR) is 162 cm³/mol. The molecule has 0 bridgehead atoms. The fourth-order valence-electron chi connectivity index (χ4n) is 5.13. The number of hydrogen-bond acceptors (Lipinski definition) is 5. The van der Waals surface area contributed by atoms with Crippen LogP contribution in [0.5, 0.6) is 5.75 Å². The highest BCUT2D eigenvalue weighted by Gasteiger charge is 2.22. The number of hydrogen-bond donors (Lipinski definition) is 2. The molecule has 7 heteroatoms. The number of aromatic nitrogens is 1. The van der Waals surface area contributed by atoms with Crippen LogP contribution in [0.2, 0.25) is 0 Å². The van der Waals surface area contributed by atoms with Crippen LogP contribution in [0.3, 0.4) is 0 Å². The number of para-hydroxylation sites is 1. The van der Waals surface area contributed by atoms with Crippen LogP contribution in [0, 0.1) is 0 Å². The van der Waals surface area contributed by atoms with E-state index in [1.165, 1.54) is 0 Å². The molecule has 5 rings (SSSR count). The summed E-state index contributed by atoms with van der Waals surface area (Å²) in [7, 11) is 0. The first-order valence-electron chi connectivity index (χ1n) is 13.9. The molecule has 3 aromatic carbocycles. The molecule has 0 aliphatic carbocycles. The molecule has 0 unspecified atom stereocenters. The maximum Gasteiger partial charge on any atom is 0.323 e. The Morgan fingerprint density at radius 3 is 2.38 bits per heavy atom. The van der Waals surface area contributed by atoms with Crippen LogP contribution in [0.4, 0.5) is 16.2 Å². The Hall–Kier alpha value is -3.94. The highest BCUT2D eigenvalue weighted by molar-refractivity contribution is 6.10. The number of ether oxygens (including phenoxy) is 2. The summed E-state index contributed by atoms with van der Waals surface area (Å²) in [6.45, 7) is 13.1. The van der Waals surface area contributed by atoms with E-state index >= 15 is 0 Å². The van der Waals surface area contributed by atoms with Crippen molar-refractivity contribution >= 4 is 28.2 Å². The molecule has 2 heterocycles. The van der Waals surface area contributed by atoms with Gasteiger partial charge in [-0.15, -0.1) is 0 Å². The van der Waals surface area contributed by atoms with Crippen molar-refractivity contribution in [3.8, 4) is 16.9 Å². The minimum Gasteiger partial charge on any atom is -0.491 e. The van der Waals surface area contributed by atoms with Gasteiger partial charge in [0, 0.05) is 42.3 Å². The number of nitrogens with zero attached hydrogens (tertiary/aromatic N) is 2. The van der Waals surface area contributed by atoms with Crippen molar-refractivity contribution < 1.29 is 14.3 Å². The van der Waals surface area contributed by atoms with Gasteiger partial charge in [0.2, 0.25) is 0 Å². The summed E-state index contributed by atoms with van der Waals surface area (Å²) in [4.78, 5) is 20.3. The average Bonchev–Trinajstić information content (AvgIpc) is 2.95. The number of morpholine rings is 1. The Labute approximate surface area is 236 Å². The molecule has 0 atom stereocenters. The molecule has 1 saturated heterocycles. The Morgan fingerprint density at radius 2 is 1.68 bits per heavy atom. The van der Waals surface area contributed by atoms with Crippen molar-refractivity contribution in [1.29, 1.82) is 0 Å². The minimum atomic E-state index is -0.320. The molecule has 0 spiro atoms. The second kappa shape index (κ2) is 12.1. The van der Waals surface area contributed by atoms with Crippen molar-refractivity contribution in [3.05, 3.63) is 84.2 Å². The van der Waals surface area contributed by atoms with Crippen LogP contribution in [0.15, 0.2) is 72.9 Å². The normalized spacial score (nSPS) is 14.2. The Kier molecular flexibility index (Phi) is 8.33. The lowest BCUT2D eigenvalue weighted by atomic mass is 9.86. The van der Waals surface area contributed by atoms with Gasteiger partial charge < -0.3 is 20.1 Å². The van der Waals surface area contributed by atoms with E-state index in [4.69, 9.17) is 14.5 Å². The molecule has 1 fully saturated rings. The van der Waals surface area contributed by atoms with E-state index in [9.17, 15) is 4.79 Å². The second-order valence-corrected chi connectivity index (χ2v) is 11.1. The van der Waals surface area contributed by atoms with Crippen LogP contribution in [0.1, 0.15) is 39.0 Å². The van der Waals surface area contributed by atoms with E-state index in [0.717, 1.165) is 71.7 Å². The van der Waals surface area contributed by atoms with Crippen molar-refractivity contribution in [3.63, 3.8) is 0 Å². The number of anilines is 2. The third-order valence-corrected chi connectivity index (χ3v) is 7.16. The van der Waals surface area contributed by atoms with Crippen LogP contribution in [-0.2, 0) is 16.7 Å². The van der Waals surface area contributed by atoms with Gasteiger partial charge in [0.25, 0.3) is 0 Å². The summed E-state index contributed by atoms with van der Waals surface area (Å²) in [6, 6.07) is 21.9. The smallest absolute Gasteiger partial charge is 0.323 e. The molecule has 2 amide bonds. The summed E-state index contributed by atoms with van der Waals surface area (Å²) in [6.07, 6.45) is 1.94. The third-order valence-electron chi connectivity index (χ3n) is 7.16. The SMILES string of the molecule is CCOc1c(NC(=O)Nc2ccc(-c3ccc(CN4CCOCC4)nc3)c3ccccc23)cccc1C(C)(C)C. The molecule has 208 valence electrons. The summed E-state index contributed by atoms with van der Waals surface area (Å²) in [5.41, 5.74) is 5.47. The summed E-state index contributed by atoms with van der Waals surface area (Å²) in [5.74, 6) is 0.706. The highest BCUT2D eigenvalue weighted by atomic mass is 16.5. The molecular formula is C33H38N4O3. The standard InChI is InChI=1S/C33H38N4O3/c1-5-40-31-28(33(2,3)4)11-8-12-30(31)36-32(38)35-29-16-15-25(26-9-6-7-10-27(26)29)23-13-14-24(34-21-23)22-37-17-19-39-20-18-37/h6-16,21H,5,17-20,22H2,1-4H3,(H2,35,36,38). The monoisotopic (exact) mass is 538 g/mol. The number of amides is 2. The molecule has 0 radical (unpaired) electrons. The first kappa shape index (κ1) is 27.6. The molecule has 0 saturated carbocycles. The number of urea groups is 1. The van der Waals surface area contributed by atoms with Gasteiger partial charge in [0.15, 0.2) is 0 Å². The van der Waals surface area contributed by atoms with Crippen molar-refractivity contribution in [2.24, 2.45) is 0 Å². The number of pyridine rings is 1. The molecule has 4 aromatic rings. The maximum atomic E-state index is 13.2. The second-order valence-electron chi connectivity index (χ2n) is 11.1. The van der Waals surface area contributed by atoms with E-state index in [0.29, 0.717) is 18.0 Å². The summed E-state index contributed by atoms with van der Waals surface area (Å²) >= 11 is 0. The molecule has 1 aromatic heterocycles. The number of nitrogens with one attached hydrogen (secondary N) is 2. The zero-order valence-electron chi connectivity index (χ0n) is 23.8. The molecule has 7 nitrogen and oxygen atoms in total. The van der Waals surface area contributed by atoms with Gasteiger partial charge in [0.1, 0.15) is 5.75 Å².